The van der Waals surface area contributed by atoms with Crippen LogP contribution in [0.4, 0.5) is 0 Å². The summed E-state index contributed by atoms with van der Waals surface area (Å²) in [5.41, 5.74) is 1.85. The van der Waals surface area contributed by atoms with Crippen LogP contribution in [0.25, 0.3) is 22.0 Å². The Hall–Kier alpha value is -1.97. The third-order valence-corrected chi connectivity index (χ3v) is 3.59. The number of carbonyl (C=O) groups excluding carboxylic acids is 1. The first-order valence-corrected chi connectivity index (χ1v) is 7.05. The first-order chi connectivity index (χ1) is 10.1. The van der Waals surface area contributed by atoms with Crippen molar-refractivity contribution in [3.63, 3.8) is 0 Å². The Morgan fingerprint density at radius 1 is 1.05 bits per heavy atom. The minimum absolute atomic E-state index is 0.0346. The lowest BCUT2D eigenvalue weighted by molar-refractivity contribution is 0.102. The van der Waals surface area contributed by atoms with E-state index in [1.54, 1.807) is 6.07 Å². The Kier molecular flexibility index (Phi) is 3.62. The van der Waals surface area contributed by atoms with Crippen molar-refractivity contribution in [2.24, 2.45) is 0 Å². The molecule has 5 heteroatoms. The number of halogens is 2. The van der Waals surface area contributed by atoms with E-state index < -0.39 is 0 Å². The molecule has 1 aromatic heterocycles. The summed E-state index contributed by atoms with van der Waals surface area (Å²) in [4.78, 5) is 20.1. The Labute approximate surface area is 131 Å². The summed E-state index contributed by atoms with van der Waals surface area (Å²) in [5.74, 6) is -0.0346. The highest BCUT2D eigenvalue weighted by Crippen LogP contribution is 2.31. The lowest BCUT2D eigenvalue weighted by atomic mass is 9.94. The molecule has 0 spiro atoms. The highest BCUT2D eigenvalue weighted by molar-refractivity contribution is 6.32. The maximum Gasteiger partial charge on any atom is 0.224 e. The van der Waals surface area contributed by atoms with Crippen LogP contribution < -0.4 is 0 Å². The van der Waals surface area contributed by atoms with Crippen molar-refractivity contribution < 1.29 is 4.79 Å². The molecule has 1 heterocycles. The molecule has 0 bridgehead atoms. The van der Waals surface area contributed by atoms with Crippen LogP contribution in [0.1, 0.15) is 17.3 Å². The van der Waals surface area contributed by atoms with Gasteiger partial charge in [-0.2, -0.15) is 0 Å². The predicted molar refractivity (Wildman–Crippen MR) is 85.0 cm³/mol. The summed E-state index contributed by atoms with van der Waals surface area (Å²) < 4.78 is 0. The summed E-state index contributed by atoms with van der Waals surface area (Å²) >= 11 is 11.8. The zero-order valence-electron chi connectivity index (χ0n) is 11.1. The monoisotopic (exact) mass is 316 g/mol. The molecule has 0 saturated heterocycles. The molecule has 3 rings (SSSR count). The van der Waals surface area contributed by atoms with Crippen LogP contribution in [0, 0.1) is 0 Å². The van der Waals surface area contributed by atoms with Gasteiger partial charge in [0.25, 0.3) is 0 Å². The van der Waals surface area contributed by atoms with Gasteiger partial charge < -0.3 is 0 Å². The molecule has 21 heavy (non-hydrogen) atoms. The number of Topliss-reactive ketones (excluding diaryl/α,β-unsaturated/α-hetero) is 1. The molecule has 0 aliphatic rings. The fourth-order valence-corrected chi connectivity index (χ4v) is 2.80. The second kappa shape index (κ2) is 5.43. The minimum atomic E-state index is -0.0346. The van der Waals surface area contributed by atoms with Crippen LogP contribution in [0.2, 0.25) is 10.4 Å². The summed E-state index contributed by atoms with van der Waals surface area (Å²) in [5, 5.41) is 2.18. The van der Waals surface area contributed by atoms with Crippen molar-refractivity contribution >= 4 is 39.8 Å². The molecule has 0 unspecified atom stereocenters. The Bertz CT molecular complexity index is 842. The number of aromatic nitrogens is 2. The molecule has 0 atom stereocenters. The van der Waals surface area contributed by atoms with Gasteiger partial charge in [-0.05, 0) is 29.3 Å². The molecule has 3 nitrogen and oxygen atoms in total. The number of hydrogen-bond acceptors (Lipinski definition) is 3. The lowest BCUT2D eigenvalue weighted by Gasteiger charge is -2.10. The molecule has 0 aliphatic heterocycles. The average Bonchev–Trinajstić information content (AvgIpc) is 2.44. The molecule has 0 N–H and O–H groups in total. The second-order valence-corrected chi connectivity index (χ2v) is 5.34. The lowest BCUT2D eigenvalue weighted by Crippen LogP contribution is -2.00. The van der Waals surface area contributed by atoms with Gasteiger partial charge in [-0.15, -0.1) is 0 Å². The highest BCUT2D eigenvalue weighted by Gasteiger charge is 2.15. The molecule has 0 saturated carbocycles. The Morgan fingerprint density at radius 3 is 2.52 bits per heavy atom. The minimum Gasteiger partial charge on any atom is -0.294 e. The number of fused-ring (bicyclic) bond motifs is 1. The smallest absolute Gasteiger partial charge is 0.224 e. The molecule has 2 aromatic carbocycles. The van der Waals surface area contributed by atoms with Gasteiger partial charge in [0.1, 0.15) is 5.15 Å². The fourth-order valence-electron chi connectivity index (χ4n) is 2.39. The topological polar surface area (TPSA) is 42.9 Å². The number of carbonyl (C=O) groups is 1. The van der Waals surface area contributed by atoms with E-state index >= 15 is 0 Å². The van der Waals surface area contributed by atoms with Crippen molar-refractivity contribution in [3.05, 3.63) is 58.5 Å². The van der Waals surface area contributed by atoms with Crippen LogP contribution in [-0.4, -0.2) is 15.8 Å². The van der Waals surface area contributed by atoms with Gasteiger partial charge >= 0.3 is 0 Å². The summed E-state index contributed by atoms with van der Waals surface area (Å²) in [6, 6.07) is 13.1. The molecule has 0 radical (unpaired) electrons. The summed E-state index contributed by atoms with van der Waals surface area (Å²) in [6.45, 7) is 1.54. The third-order valence-electron chi connectivity index (χ3n) is 3.22. The number of nitrogens with zero attached hydrogens (tertiary/aromatic N) is 2. The average molecular weight is 317 g/mol. The van der Waals surface area contributed by atoms with Gasteiger partial charge in [-0.3, -0.25) is 4.79 Å². The Balaban J connectivity index is 2.37. The van der Waals surface area contributed by atoms with Gasteiger partial charge in [0.2, 0.25) is 5.28 Å². The summed E-state index contributed by atoms with van der Waals surface area (Å²) in [7, 11) is 0. The van der Waals surface area contributed by atoms with Crippen molar-refractivity contribution in [2.75, 3.05) is 0 Å². The molecular weight excluding hydrogens is 307 g/mol. The normalized spacial score (nSPS) is 10.8. The van der Waals surface area contributed by atoms with E-state index in [1.165, 1.54) is 6.92 Å². The maximum atomic E-state index is 12.1. The highest BCUT2D eigenvalue weighted by atomic mass is 35.5. The SMILES string of the molecule is CC(=O)c1c(-c2cc(Cl)nc(Cl)n2)ccc2ccccc12. The van der Waals surface area contributed by atoms with Crippen molar-refractivity contribution in [1.29, 1.82) is 0 Å². The Morgan fingerprint density at radius 2 is 1.81 bits per heavy atom. The number of ketones is 1. The quantitative estimate of drug-likeness (QED) is 0.387. The maximum absolute atomic E-state index is 12.1. The van der Waals surface area contributed by atoms with Crippen LogP contribution in [0.5, 0.6) is 0 Å². The molecule has 0 aliphatic carbocycles. The van der Waals surface area contributed by atoms with Crippen molar-refractivity contribution in [3.8, 4) is 11.3 Å². The first-order valence-electron chi connectivity index (χ1n) is 6.29. The van der Waals surface area contributed by atoms with Gasteiger partial charge in [0, 0.05) is 17.2 Å². The van der Waals surface area contributed by atoms with Gasteiger partial charge in [0.05, 0.1) is 5.69 Å². The number of hydrogen-bond donors (Lipinski definition) is 0. The largest absolute Gasteiger partial charge is 0.294 e. The van der Waals surface area contributed by atoms with Crippen LogP contribution in [0.3, 0.4) is 0 Å². The van der Waals surface area contributed by atoms with E-state index in [0.717, 1.165) is 10.8 Å². The number of benzene rings is 2. The van der Waals surface area contributed by atoms with Gasteiger partial charge in [0.15, 0.2) is 5.78 Å². The van der Waals surface area contributed by atoms with E-state index in [4.69, 9.17) is 23.2 Å². The van der Waals surface area contributed by atoms with Gasteiger partial charge in [-0.1, -0.05) is 48.0 Å². The first kappa shape index (κ1) is 14.0. The van der Waals surface area contributed by atoms with Crippen molar-refractivity contribution in [2.45, 2.75) is 6.92 Å². The van der Waals surface area contributed by atoms with E-state index in [1.807, 2.05) is 36.4 Å². The molecular formula is C16H10Cl2N2O. The standard InChI is InChI=1S/C16H10Cl2N2O/c1-9(21)15-11-5-3-2-4-10(11)6-7-12(15)13-8-14(17)20-16(18)19-13/h2-8H,1H3. The molecule has 3 aromatic rings. The van der Waals surface area contributed by atoms with Crippen molar-refractivity contribution in [1.82, 2.24) is 9.97 Å². The van der Waals surface area contributed by atoms with E-state index in [2.05, 4.69) is 9.97 Å². The zero-order valence-corrected chi connectivity index (χ0v) is 12.6. The predicted octanol–water partition coefficient (Wildman–Crippen LogP) is 4.81. The van der Waals surface area contributed by atoms with E-state index in [-0.39, 0.29) is 16.2 Å². The fraction of sp³-hybridized carbons (Fsp3) is 0.0625. The summed E-state index contributed by atoms with van der Waals surface area (Å²) in [6.07, 6.45) is 0. The zero-order chi connectivity index (χ0) is 15.0. The number of rotatable bonds is 2. The van der Waals surface area contributed by atoms with Crippen LogP contribution >= 0.6 is 23.2 Å². The third kappa shape index (κ3) is 2.62. The van der Waals surface area contributed by atoms with E-state index in [0.29, 0.717) is 16.8 Å². The molecule has 0 amide bonds. The molecule has 0 fully saturated rings. The van der Waals surface area contributed by atoms with Crippen LogP contribution in [0.15, 0.2) is 42.5 Å². The second-order valence-electron chi connectivity index (χ2n) is 4.61. The van der Waals surface area contributed by atoms with Crippen LogP contribution in [-0.2, 0) is 0 Å². The van der Waals surface area contributed by atoms with Gasteiger partial charge in [-0.25, -0.2) is 9.97 Å². The molecule has 104 valence electrons. The van der Waals surface area contributed by atoms with E-state index in [9.17, 15) is 4.79 Å².